The first-order valence-electron chi connectivity index (χ1n) is 8.39. The molecule has 4 aromatic rings. The number of hydrogen-bond donors (Lipinski definition) is 1. The Kier molecular flexibility index (Phi) is 2.64. The molecule has 118 valence electrons. The molecular weight excluding hydrogens is 298 g/mol. The smallest absolute Gasteiger partial charge is 0.167 e. The fourth-order valence-corrected chi connectivity index (χ4v) is 4.02. The number of hydrogen-bond acceptors (Lipinski definition) is 3. The number of nitrogens with zero attached hydrogens (tertiary/aromatic N) is 2. The number of aromatic amines is 1. The second kappa shape index (κ2) is 4.63. The van der Waals surface area contributed by atoms with Crippen molar-refractivity contribution in [2.75, 3.05) is 6.54 Å². The second-order valence-electron chi connectivity index (χ2n) is 6.78. The van der Waals surface area contributed by atoms with Crippen molar-refractivity contribution < 1.29 is 4.79 Å². The summed E-state index contributed by atoms with van der Waals surface area (Å²) in [6.07, 6.45) is 2.53. The number of fused-ring (bicyclic) bond motifs is 4. The van der Waals surface area contributed by atoms with Gasteiger partial charge in [0.15, 0.2) is 5.78 Å². The second-order valence-corrected chi connectivity index (χ2v) is 6.78. The van der Waals surface area contributed by atoms with Gasteiger partial charge in [0.2, 0.25) is 0 Å². The van der Waals surface area contributed by atoms with Crippen LogP contribution in [-0.2, 0) is 0 Å². The average molecular weight is 315 g/mol. The lowest BCUT2D eigenvalue weighted by Gasteiger charge is -2.18. The fourth-order valence-electron chi connectivity index (χ4n) is 4.02. The summed E-state index contributed by atoms with van der Waals surface area (Å²) >= 11 is 0. The van der Waals surface area contributed by atoms with Gasteiger partial charge in [0, 0.05) is 35.3 Å². The highest BCUT2D eigenvalue weighted by Gasteiger charge is 2.26. The number of aromatic nitrogens is 2. The molecule has 1 aliphatic heterocycles. The van der Waals surface area contributed by atoms with Crippen LogP contribution in [0.1, 0.15) is 42.1 Å². The van der Waals surface area contributed by atoms with E-state index in [9.17, 15) is 4.79 Å². The first-order chi connectivity index (χ1) is 11.7. The van der Waals surface area contributed by atoms with Crippen molar-refractivity contribution in [2.45, 2.75) is 26.2 Å². The number of benzene rings is 2. The number of nitrogens with one attached hydrogen (secondary N) is 1. The molecule has 0 bridgehead atoms. The Hall–Kier alpha value is -2.75. The van der Waals surface area contributed by atoms with E-state index >= 15 is 0 Å². The molecule has 3 heterocycles. The van der Waals surface area contributed by atoms with Gasteiger partial charge in [0.1, 0.15) is 0 Å². The van der Waals surface area contributed by atoms with E-state index in [0.29, 0.717) is 13.0 Å². The molecule has 0 unspecified atom stereocenters. The number of Topliss-reactive ketones (excluding diaryl/α,β-unsaturated/α-hetero) is 1. The van der Waals surface area contributed by atoms with E-state index < -0.39 is 0 Å². The third-order valence-electron chi connectivity index (χ3n) is 5.01. The first kappa shape index (κ1) is 13.7. The molecule has 0 saturated heterocycles. The molecule has 4 heteroatoms. The summed E-state index contributed by atoms with van der Waals surface area (Å²) in [7, 11) is 0. The predicted octanol–water partition coefficient (Wildman–Crippen LogP) is 3.92. The molecule has 1 aliphatic rings. The molecule has 0 amide bonds. The van der Waals surface area contributed by atoms with Crippen molar-refractivity contribution in [2.24, 2.45) is 4.99 Å². The van der Waals surface area contributed by atoms with Gasteiger partial charge in [-0.25, -0.2) is 4.98 Å². The molecule has 1 N–H and O–H groups in total. The van der Waals surface area contributed by atoms with Crippen LogP contribution in [0.25, 0.3) is 32.7 Å². The molecule has 0 aliphatic carbocycles. The summed E-state index contributed by atoms with van der Waals surface area (Å²) < 4.78 is 0. The highest BCUT2D eigenvalue weighted by Crippen LogP contribution is 2.36. The van der Waals surface area contributed by atoms with Gasteiger partial charge in [-0.2, -0.15) is 0 Å². The Labute approximate surface area is 138 Å². The summed E-state index contributed by atoms with van der Waals surface area (Å²) in [6, 6.07) is 8.15. The van der Waals surface area contributed by atoms with Gasteiger partial charge in [0.25, 0.3) is 0 Å². The number of pyridine rings is 1. The molecule has 2 aromatic carbocycles. The van der Waals surface area contributed by atoms with Crippen LogP contribution in [-0.4, -0.2) is 22.3 Å². The molecule has 24 heavy (non-hydrogen) atoms. The molecule has 0 spiro atoms. The predicted molar refractivity (Wildman–Crippen MR) is 95.8 cm³/mol. The summed E-state index contributed by atoms with van der Waals surface area (Å²) in [6.45, 7) is 4.82. The quantitative estimate of drug-likeness (QED) is 0.541. The van der Waals surface area contributed by atoms with Crippen molar-refractivity contribution in [1.82, 2.24) is 9.97 Å². The van der Waals surface area contributed by atoms with Crippen molar-refractivity contribution in [3.05, 3.63) is 46.9 Å². The number of para-hydroxylation sites is 1. The van der Waals surface area contributed by atoms with Crippen LogP contribution in [0.2, 0.25) is 0 Å². The van der Waals surface area contributed by atoms with Crippen LogP contribution in [0, 0.1) is 0 Å². The molecule has 0 fully saturated rings. The van der Waals surface area contributed by atoms with E-state index in [0.717, 1.165) is 49.2 Å². The molecule has 0 radical (unpaired) electrons. The van der Waals surface area contributed by atoms with Gasteiger partial charge in [-0.15, -0.1) is 0 Å². The molecule has 0 atom stereocenters. The van der Waals surface area contributed by atoms with Crippen molar-refractivity contribution in [1.29, 1.82) is 0 Å². The van der Waals surface area contributed by atoms with E-state index in [4.69, 9.17) is 9.98 Å². The Morgan fingerprint density at radius 3 is 2.83 bits per heavy atom. The minimum Gasteiger partial charge on any atom is -0.360 e. The fraction of sp³-hybridized carbons (Fsp3) is 0.250. The first-order valence-corrected chi connectivity index (χ1v) is 8.39. The standard InChI is InChI=1S/C20H17N3O/c1-10(2)15-17-14(24)7-8-21-19(17)20-16-12(9-22-18(15)16)11-5-3-4-6-13(11)23-20/h3-6,9-10,22H,7-8H2,1-2H3. The SMILES string of the molecule is CC(C)c1c2c(c3nc4ccccc4c4c[nH]c1c34)=NCCC2=O. The minimum absolute atomic E-state index is 0.187. The third-order valence-corrected chi connectivity index (χ3v) is 5.01. The molecule has 4 nitrogen and oxygen atoms in total. The maximum atomic E-state index is 12.7. The zero-order valence-corrected chi connectivity index (χ0v) is 13.7. The zero-order valence-electron chi connectivity index (χ0n) is 13.7. The monoisotopic (exact) mass is 315 g/mol. The largest absolute Gasteiger partial charge is 0.360 e. The summed E-state index contributed by atoms with van der Waals surface area (Å²) in [5.41, 5.74) is 4.69. The van der Waals surface area contributed by atoms with E-state index in [1.54, 1.807) is 0 Å². The van der Waals surface area contributed by atoms with Crippen LogP contribution in [0.4, 0.5) is 0 Å². The van der Waals surface area contributed by atoms with Crippen LogP contribution >= 0.6 is 0 Å². The van der Waals surface area contributed by atoms with Crippen LogP contribution in [0.15, 0.2) is 35.5 Å². The Balaban J connectivity index is 2.15. The number of carbonyl (C=O) groups excluding carboxylic acids is 1. The lowest BCUT2D eigenvalue weighted by atomic mass is 9.88. The van der Waals surface area contributed by atoms with Crippen LogP contribution in [0.5, 0.6) is 0 Å². The number of ketones is 1. The van der Waals surface area contributed by atoms with Gasteiger partial charge >= 0.3 is 0 Å². The number of H-pyrrole nitrogens is 1. The minimum atomic E-state index is 0.187. The molecule has 2 aromatic heterocycles. The summed E-state index contributed by atoms with van der Waals surface area (Å²) in [5.74, 6) is 0.431. The van der Waals surface area contributed by atoms with Crippen LogP contribution in [0.3, 0.4) is 0 Å². The molecular formula is C20H17N3O. The van der Waals surface area contributed by atoms with Crippen molar-refractivity contribution >= 4 is 38.5 Å². The van der Waals surface area contributed by atoms with Crippen LogP contribution < -0.4 is 5.36 Å². The van der Waals surface area contributed by atoms with Gasteiger partial charge in [-0.05, 0) is 17.5 Å². The maximum Gasteiger partial charge on any atom is 0.167 e. The van der Waals surface area contributed by atoms with Gasteiger partial charge in [-0.1, -0.05) is 32.0 Å². The summed E-state index contributed by atoms with van der Waals surface area (Å²) in [5, 5.41) is 4.18. The maximum absolute atomic E-state index is 12.7. The summed E-state index contributed by atoms with van der Waals surface area (Å²) in [4.78, 5) is 25.7. The lowest BCUT2D eigenvalue weighted by molar-refractivity contribution is 0.0978. The normalized spacial score (nSPS) is 14.7. The van der Waals surface area contributed by atoms with Gasteiger partial charge < -0.3 is 4.98 Å². The van der Waals surface area contributed by atoms with E-state index in [2.05, 4.69) is 24.9 Å². The van der Waals surface area contributed by atoms with E-state index in [-0.39, 0.29) is 11.7 Å². The third kappa shape index (κ3) is 1.60. The van der Waals surface area contributed by atoms with E-state index in [1.807, 2.05) is 24.4 Å². The van der Waals surface area contributed by atoms with Crippen molar-refractivity contribution in [3.8, 4) is 0 Å². The Bertz CT molecular complexity index is 1200. The lowest BCUT2D eigenvalue weighted by Crippen LogP contribution is -2.26. The highest BCUT2D eigenvalue weighted by molar-refractivity contribution is 6.21. The molecule has 5 rings (SSSR count). The number of carbonyl (C=O) groups is 1. The molecule has 0 saturated carbocycles. The van der Waals surface area contributed by atoms with Crippen molar-refractivity contribution in [3.63, 3.8) is 0 Å². The highest BCUT2D eigenvalue weighted by atomic mass is 16.1. The van der Waals surface area contributed by atoms with Gasteiger partial charge in [-0.3, -0.25) is 9.79 Å². The zero-order chi connectivity index (χ0) is 16.4. The van der Waals surface area contributed by atoms with E-state index in [1.165, 1.54) is 0 Å². The topological polar surface area (TPSA) is 58.1 Å². The Morgan fingerprint density at radius 2 is 2.00 bits per heavy atom. The number of rotatable bonds is 1. The van der Waals surface area contributed by atoms with Gasteiger partial charge in [0.05, 0.1) is 27.5 Å². The average Bonchev–Trinajstić information content (AvgIpc) is 3.01. The Morgan fingerprint density at radius 1 is 1.17 bits per heavy atom.